The fourth-order valence-electron chi connectivity index (χ4n) is 3.62. The lowest BCUT2D eigenvalue weighted by molar-refractivity contribution is -0.134. The van der Waals surface area contributed by atoms with Crippen molar-refractivity contribution < 1.29 is 33.4 Å². The quantitative estimate of drug-likeness (QED) is 0.621. The maximum atomic E-state index is 15.0. The van der Waals surface area contributed by atoms with Gasteiger partial charge in [0.1, 0.15) is 30.7 Å². The number of cyclic esters (lactones) is 1. The van der Waals surface area contributed by atoms with Crippen molar-refractivity contribution in [3.63, 3.8) is 0 Å². The van der Waals surface area contributed by atoms with Crippen molar-refractivity contribution in [1.82, 2.24) is 15.3 Å². The van der Waals surface area contributed by atoms with Crippen LogP contribution in [0.2, 0.25) is 0 Å². The third-order valence-corrected chi connectivity index (χ3v) is 5.46. The lowest BCUT2D eigenvalue weighted by Crippen LogP contribution is -2.41. The van der Waals surface area contributed by atoms with Crippen LogP contribution in [0.25, 0.3) is 11.1 Å². The van der Waals surface area contributed by atoms with Gasteiger partial charge >= 0.3 is 12.2 Å². The van der Waals surface area contributed by atoms with Crippen molar-refractivity contribution in [2.45, 2.75) is 6.10 Å². The van der Waals surface area contributed by atoms with E-state index in [1.807, 2.05) is 0 Å². The van der Waals surface area contributed by atoms with Gasteiger partial charge in [0.05, 0.1) is 32.4 Å². The SMILES string of the molecule is COC(=O)NC[C@H]1CN(c2ccc(-c3ccc(N4C=NN(C(=O)CO)CC4)nc3)c(F)c2)C(=O)O1. The minimum Gasteiger partial charge on any atom is -0.453 e. The van der Waals surface area contributed by atoms with Gasteiger partial charge in [-0.25, -0.2) is 24.0 Å². The molecule has 35 heavy (non-hydrogen) atoms. The monoisotopic (exact) mass is 486 g/mol. The number of aromatic nitrogens is 1. The van der Waals surface area contributed by atoms with Crippen molar-refractivity contribution >= 4 is 35.9 Å². The molecule has 12 nitrogen and oxygen atoms in total. The van der Waals surface area contributed by atoms with E-state index in [-0.39, 0.29) is 13.1 Å². The van der Waals surface area contributed by atoms with Crippen LogP contribution in [0.3, 0.4) is 0 Å². The summed E-state index contributed by atoms with van der Waals surface area (Å²) in [5, 5.41) is 16.5. The summed E-state index contributed by atoms with van der Waals surface area (Å²) in [6.07, 6.45) is 1.10. The number of hydrazone groups is 1. The normalized spacial score (nSPS) is 17.4. The summed E-state index contributed by atoms with van der Waals surface area (Å²) < 4.78 is 24.6. The third-order valence-electron chi connectivity index (χ3n) is 5.46. The molecule has 0 saturated carbocycles. The summed E-state index contributed by atoms with van der Waals surface area (Å²) in [7, 11) is 1.23. The van der Waals surface area contributed by atoms with Gasteiger partial charge in [-0.15, -0.1) is 0 Å². The number of methoxy groups -OCH3 is 1. The Morgan fingerprint density at radius 2 is 2.11 bits per heavy atom. The zero-order valence-corrected chi connectivity index (χ0v) is 18.8. The number of hydrogen-bond donors (Lipinski definition) is 2. The second-order valence-corrected chi connectivity index (χ2v) is 7.66. The van der Waals surface area contributed by atoms with Crippen LogP contribution in [0.1, 0.15) is 0 Å². The van der Waals surface area contributed by atoms with E-state index in [0.717, 1.165) is 0 Å². The summed E-state index contributed by atoms with van der Waals surface area (Å²) in [6, 6.07) is 7.81. The Morgan fingerprint density at radius 3 is 2.74 bits per heavy atom. The molecule has 0 bridgehead atoms. The zero-order valence-electron chi connectivity index (χ0n) is 18.8. The van der Waals surface area contributed by atoms with Crippen molar-refractivity contribution in [3.8, 4) is 11.1 Å². The van der Waals surface area contributed by atoms with E-state index in [1.165, 1.54) is 35.6 Å². The highest BCUT2D eigenvalue weighted by Gasteiger charge is 2.33. The molecule has 13 heteroatoms. The smallest absolute Gasteiger partial charge is 0.414 e. The Morgan fingerprint density at radius 1 is 1.29 bits per heavy atom. The highest BCUT2D eigenvalue weighted by molar-refractivity contribution is 5.90. The molecule has 0 spiro atoms. The number of anilines is 2. The number of carbonyl (C=O) groups is 3. The average molecular weight is 486 g/mol. The van der Waals surface area contributed by atoms with Crippen LogP contribution >= 0.6 is 0 Å². The maximum Gasteiger partial charge on any atom is 0.414 e. The van der Waals surface area contributed by atoms with Crippen molar-refractivity contribution in [1.29, 1.82) is 0 Å². The molecule has 2 aliphatic heterocycles. The Balaban J connectivity index is 1.42. The van der Waals surface area contributed by atoms with Crippen LogP contribution in [-0.2, 0) is 14.3 Å². The number of hydrogen-bond acceptors (Lipinski definition) is 9. The van der Waals surface area contributed by atoms with Crippen LogP contribution < -0.4 is 15.1 Å². The highest BCUT2D eigenvalue weighted by atomic mass is 19.1. The number of aliphatic hydroxyl groups excluding tert-OH is 1. The first-order valence-corrected chi connectivity index (χ1v) is 10.7. The number of carbonyl (C=O) groups excluding carboxylic acids is 3. The topological polar surface area (TPSA) is 137 Å². The molecular formula is C22H23FN6O6. The third kappa shape index (κ3) is 5.30. The fourth-order valence-corrected chi connectivity index (χ4v) is 3.62. The molecule has 1 fully saturated rings. The molecule has 2 N–H and O–H groups in total. The molecule has 1 aromatic heterocycles. The van der Waals surface area contributed by atoms with E-state index in [1.54, 1.807) is 29.2 Å². The van der Waals surface area contributed by atoms with E-state index >= 15 is 0 Å². The Labute approximate surface area is 199 Å². The lowest BCUT2D eigenvalue weighted by atomic mass is 10.1. The van der Waals surface area contributed by atoms with Crippen molar-refractivity contribution in [3.05, 3.63) is 42.3 Å². The molecule has 3 amide bonds. The summed E-state index contributed by atoms with van der Waals surface area (Å²) in [5.74, 6) is -0.463. The highest BCUT2D eigenvalue weighted by Crippen LogP contribution is 2.29. The standard InChI is InChI=1S/C22H23FN6O6/c1-34-21(32)25-10-16-11-28(22(33)35-16)15-3-4-17(18(23)8-15)14-2-5-19(24-9-14)27-6-7-29(26-13-27)20(31)12-30/h2-5,8-9,13,16,30H,6-7,10-12H2,1H3,(H,25,32)/t16-/m0/s1. The largest absolute Gasteiger partial charge is 0.453 e. The molecule has 0 radical (unpaired) electrons. The number of halogens is 1. The molecule has 0 aliphatic carbocycles. The second-order valence-electron chi connectivity index (χ2n) is 7.66. The number of rotatable bonds is 6. The molecule has 4 rings (SSSR count). The first kappa shape index (κ1) is 23.9. The van der Waals surface area contributed by atoms with E-state index < -0.39 is 36.6 Å². The van der Waals surface area contributed by atoms with Crippen LogP contribution in [0, 0.1) is 5.82 Å². The van der Waals surface area contributed by atoms with Gasteiger partial charge < -0.3 is 24.8 Å². The molecule has 3 heterocycles. The Hall–Kier alpha value is -4.26. The van der Waals surface area contributed by atoms with Crippen molar-refractivity contribution in [2.24, 2.45) is 5.10 Å². The maximum absolute atomic E-state index is 15.0. The molecule has 2 aliphatic rings. The van der Waals surface area contributed by atoms with Crippen LogP contribution in [0.4, 0.5) is 25.5 Å². The van der Waals surface area contributed by atoms with E-state index in [9.17, 15) is 18.8 Å². The number of nitrogens with one attached hydrogen (secondary N) is 1. The minimum absolute atomic E-state index is 0.0744. The Bertz CT molecular complexity index is 1140. The van der Waals surface area contributed by atoms with Gasteiger partial charge in [-0.3, -0.25) is 9.69 Å². The zero-order chi connectivity index (χ0) is 24.9. The summed E-state index contributed by atoms with van der Waals surface area (Å²) in [6.45, 7) is 0.350. The molecule has 1 saturated heterocycles. The first-order chi connectivity index (χ1) is 16.9. The minimum atomic E-state index is -0.638. The van der Waals surface area contributed by atoms with Gasteiger partial charge in [-0.2, -0.15) is 5.10 Å². The number of nitrogens with zero attached hydrogens (tertiary/aromatic N) is 5. The molecule has 184 valence electrons. The van der Waals surface area contributed by atoms with Gasteiger partial charge in [-0.1, -0.05) is 0 Å². The molecule has 1 atom stereocenters. The Kier molecular flexibility index (Phi) is 7.06. The first-order valence-electron chi connectivity index (χ1n) is 10.7. The van der Waals surface area contributed by atoms with Crippen molar-refractivity contribution in [2.75, 3.05) is 49.7 Å². The lowest BCUT2D eigenvalue weighted by Gasteiger charge is -2.27. The number of aliphatic hydroxyl groups is 1. The average Bonchev–Trinajstić information content (AvgIpc) is 3.27. The number of benzene rings is 1. The van der Waals surface area contributed by atoms with Crippen LogP contribution in [-0.4, -0.2) is 85.5 Å². The van der Waals surface area contributed by atoms with Gasteiger partial charge in [0.15, 0.2) is 0 Å². The van der Waals surface area contributed by atoms with Gasteiger partial charge in [0.2, 0.25) is 0 Å². The number of pyridine rings is 1. The summed E-state index contributed by atoms with van der Waals surface area (Å²) in [5.41, 5.74) is 1.16. The van der Waals surface area contributed by atoms with E-state index in [2.05, 4.69) is 20.1 Å². The van der Waals surface area contributed by atoms with Gasteiger partial charge in [0, 0.05) is 23.9 Å². The predicted octanol–water partition coefficient (Wildman–Crippen LogP) is 1.15. The molecule has 0 unspecified atom stereocenters. The van der Waals surface area contributed by atoms with E-state index in [4.69, 9.17) is 9.84 Å². The van der Waals surface area contributed by atoms with E-state index in [0.29, 0.717) is 35.7 Å². The summed E-state index contributed by atoms with van der Waals surface area (Å²) >= 11 is 0. The number of alkyl carbamates (subject to hydrolysis) is 1. The second kappa shape index (κ2) is 10.3. The number of amides is 3. The van der Waals surface area contributed by atoms with Gasteiger partial charge in [0.25, 0.3) is 5.91 Å². The molecule has 1 aromatic carbocycles. The fraction of sp³-hybridized carbons (Fsp3) is 0.318. The van der Waals surface area contributed by atoms with Crippen LogP contribution in [0.15, 0.2) is 41.6 Å². The van der Waals surface area contributed by atoms with Crippen LogP contribution in [0.5, 0.6) is 0 Å². The molecular weight excluding hydrogens is 463 g/mol. The van der Waals surface area contributed by atoms with Gasteiger partial charge in [-0.05, 0) is 30.3 Å². The predicted molar refractivity (Wildman–Crippen MR) is 122 cm³/mol. The molecule has 2 aromatic rings. The summed E-state index contributed by atoms with van der Waals surface area (Å²) in [4.78, 5) is 42.3. The number of ether oxygens (including phenoxy) is 2.